The first kappa shape index (κ1) is 14.8. The highest BCUT2D eigenvalue weighted by Gasteiger charge is 2.41. The van der Waals surface area contributed by atoms with Crippen molar-refractivity contribution in [3.05, 3.63) is 51.4 Å². The summed E-state index contributed by atoms with van der Waals surface area (Å²) in [5.41, 5.74) is 0.998. The first-order valence-corrected chi connectivity index (χ1v) is 8.43. The summed E-state index contributed by atoms with van der Waals surface area (Å²) >= 11 is 13.3. The van der Waals surface area contributed by atoms with E-state index in [9.17, 15) is 0 Å². The van der Waals surface area contributed by atoms with E-state index in [1.165, 1.54) is 4.88 Å². The summed E-state index contributed by atoms with van der Waals surface area (Å²) in [5.74, 6) is 0. The second-order valence-corrected chi connectivity index (χ2v) is 7.40. The molecule has 1 saturated heterocycles. The number of thiophene rings is 1. The van der Waals surface area contributed by atoms with E-state index in [1.807, 2.05) is 30.5 Å². The van der Waals surface area contributed by atoms with Gasteiger partial charge in [-0.05, 0) is 50.3 Å². The molecule has 3 rings (SSSR count). The van der Waals surface area contributed by atoms with Crippen LogP contribution in [0.1, 0.15) is 36.5 Å². The molecule has 1 N–H and O–H groups in total. The summed E-state index contributed by atoms with van der Waals surface area (Å²) in [4.78, 5) is 7.93. The van der Waals surface area contributed by atoms with Crippen LogP contribution in [0.2, 0.25) is 4.34 Å². The summed E-state index contributed by atoms with van der Waals surface area (Å²) in [6.07, 6.45) is 1.82. The quantitative estimate of drug-likeness (QED) is 0.850. The second kappa shape index (κ2) is 5.91. The summed E-state index contributed by atoms with van der Waals surface area (Å²) in [6, 6.07) is 10.5. The molecule has 110 valence electrons. The molecular formula is C15H16ClN3S2. The van der Waals surface area contributed by atoms with Crippen LogP contribution in [-0.2, 0) is 0 Å². The molecule has 0 aliphatic carbocycles. The van der Waals surface area contributed by atoms with E-state index in [4.69, 9.17) is 23.8 Å². The fourth-order valence-corrected chi connectivity index (χ4v) is 4.36. The van der Waals surface area contributed by atoms with Gasteiger partial charge in [-0.2, -0.15) is 0 Å². The lowest BCUT2D eigenvalue weighted by atomic mass is 10.0. The standard InChI is InChI=1S/C15H16ClN3S2/c1-9(2)19-14(11-6-7-12(16)21-11)13(18-15(19)20)10-5-3-4-8-17-10/h3-9,13-14H,1-2H3,(H,18,20)/t13-,14-/m0/s1. The maximum atomic E-state index is 6.13. The minimum Gasteiger partial charge on any atom is -0.352 e. The molecule has 2 aromatic rings. The number of hydrogen-bond acceptors (Lipinski definition) is 3. The third-order valence-corrected chi connectivity index (χ3v) is 5.21. The number of nitrogens with one attached hydrogen (secondary N) is 1. The molecule has 0 radical (unpaired) electrons. The molecule has 0 bridgehead atoms. The molecular weight excluding hydrogens is 322 g/mol. The zero-order valence-corrected chi connectivity index (χ0v) is 14.2. The number of aromatic nitrogens is 1. The van der Waals surface area contributed by atoms with Crippen molar-refractivity contribution >= 4 is 40.3 Å². The molecule has 6 heteroatoms. The van der Waals surface area contributed by atoms with Gasteiger partial charge < -0.3 is 10.2 Å². The van der Waals surface area contributed by atoms with Gasteiger partial charge in [-0.3, -0.25) is 4.98 Å². The zero-order valence-electron chi connectivity index (χ0n) is 11.8. The number of halogens is 1. The fourth-order valence-electron chi connectivity index (χ4n) is 2.71. The number of rotatable bonds is 3. The van der Waals surface area contributed by atoms with Gasteiger partial charge in [0.25, 0.3) is 0 Å². The maximum Gasteiger partial charge on any atom is 0.170 e. The molecule has 0 aromatic carbocycles. The lowest BCUT2D eigenvalue weighted by Gasteiger charge is -2.30. The maximum absolute atomic E-state index is 6.13. The van der Waals surface area contributed by atoms with E-state index in [0.717, 1.165) is 15.1 Å². The van der Waals surface area contributed by atoms with Crippen LogP contribution < -0.4 is 5.32 Å². The highest BCUT2D eigenvalue weighted by atomic mass is 35.5. The zero-order chi connectivity index (χ0) is 15.0. The molecule has 0 saturated carbocycles. The Bertz CT molecular complexity index is 641. The largest absolute Gasteiger partial charge is 0.352 e. The Balaban J connectivity index is 2.05. The minimum atomic E-state index is 0.0517. The Morgan fingerprint density at radius 2 is 2.14 bits per heavy atom. The fraction of sp³-hybridized carbons (Fsp3) is 0.333. The SMILES string of the molecule is CC(C)N1C(=S)N[C@@H](c2ccccn2)[C@@H]1c1ccc(Cl)s1. The molecule has 3 nitrogen and oxygen atoms in total. The van der Waals surface area contributed by atoms with Crippen molar-refractivity contribution in [2.24, 2.45) is 0 Å². The molecule has 1 fully saturated rings. The van der Waals surface area contributed by atoms with E-state index < -0.39 is 0 Å². The minimum absolute atomic E-state index is 0.0517. The Morgan fingerprint density at radius 3 is 2.71 bits per heavy atom. The molecule has 1 aliphatic rings. The van der Waals surface area contributed by atoms with Crippen LogP contribution in [0.15, 0.2) is 36.5 Å². The molecule has 1 aliphatic heterocycles. The highest BCUT2D eigenvalue weighted by Crippen LogP contribution is 2.42. The Hall–Kier alpha value is -1.17. The van der Waals surface area contributed by atoms with Crippen LogP contribution in [0.25, 0.3) is 0 Å². The van der Waals surface area contributed by atoms with Gasteiger partial charge in [-0.15, -0.1) is 11.3 Å². The lowest BCUT2D eigenvalue weighted by molar-refractivity contribution is 0.273. The van der Waals surface area contributed by atoms with Gasteiger partial charge in [0.05, 0.1) is 22.1 Å². The third kappa shape index (κ3) is 2.78. The van der Waals surface area contributed by atoms with Gasteiger partial charge in [0, 0.05) is 17.1 Å². The highest BCUT2D eigenvalue weighted by molar-refractivity contribution is 7.80. The monoisotopic (exact) mass is 337 g/mol. The number of hydrogen-bond donors (Lipinski definition) is 1. The predicted octanol–water partition coefficient (Wildman–Crippen LogP) is 4.18. The van der Waals surface area contributed by atoms with Gasteiger partial charge in [0.2, 0.25) is 0 Å². The average molecular weight is 338 g/mol. The first-order chi connectivity index (χ1) is 10.1. The van der Waals surface area contributed by atoms with Crippen molar-refractivity contribution in [3.63, 3.8) is 0 Å². The summed E-state index contributed by atoms with van der Waals surface area (Å²) in [7, 11) is 0. The molecule has 21 heavy (non-hydrogen) atoms. The van der Waals surface area contributed by atoms with Gasteiger partial charge in [0.15, 0.2) is 5.11 Å². The first-order valence-electron chi connectivity index (χ1n) is 6.83. The summed E-state index contributed by atoms with van der Waals surface area (Å²) < 4.78 is 0.797. The van der Waals surface area contributed by atoms with Crippen LogP contribution in [0.5, 0.6) is 0 Å². The van der Waals surface area contributed by atoms with Crippen molar-refractivity contribution in [3.8, 4) is 0 Å². The summed E-state index contributed by atoms with van der Waals surface area (Å²) in [5, 5.41) is 4.19. The van der Waals surface area contributed by atoms with Crippen molar-refractivity contribution in [1.29, 1.82) is 0 Å². The Kier molecular flexibility index (Phi) is 4.15. The van der Waals surface area contributed by atoms with E-state index >= 15 is 0 Å². The number of pyridine rings is 1. The van der Waals surface area contributed by atoms with Crippen LogP contribution in [0.3, 0.4) is 0 Å². The lowest BCUT2D eigenvalue weighted by Crippen LogP contribution is -2.35. The number of nitrogens with zero attached hydrogens (tertiary/aromatic N) is 2. The molecule has 2 aromatic heterocycles. The van der Waals surface area contributed by atoms with Gasteiger partial charge in [-0.1, -0.05) is 17.7 Å². The Morgan fingerprint density at radius 1 is 1.33 bits per heavy atom. The molecule has 0 unspecified atom stereocenters. The topological polar surface area (TPSA) is 28.2 Å². The average Bonchev–Trinajstić information content (AvgIpc) is 3.03. The smallest absolute Gasteiger partial charge is 0.170 e. The molecule has 2 atom stereocenters. The van der Waals surface area contributed by atoms with Crippen LogP contribution in [0, 0.1) is 0 Å². The number of thiocarbonyl (C=S) groups is 1. The van der Waals surface area contributed by atoms with Gasteiger partial charge in [0.1, 0.15) is 0 Å². The molecule has 3 heterocycles. The van der Waals surface area contributed by atoms with Crippen molar-refractivity contribution in [2.75, 3.05) is 0 Å². The molecule has 0 spiro atoms. The van der Waals surface area contributed by atoms with Crippen molar-refractivity contribution < 1.29 is 0 Å². The molecule has 0 amide bonds. The van der Waals surface area contributed by atoms with E-state index in [0.29, 0.717) is 6.04 Å². The second-order valence-electron chi connectivity index (χ2n) is 5.27. The van der Waals surface area contributed by atoms with Gasteiger partial charge >= 0.3 is 0 Å². The Labute approximate surface area is 139 Å². The van der Waals surface area contributed by atoms with Crippen LogP contribution in [-0.4, -0.2) is 21.0 Å². The van der Waals surface area contributed by atoms with Gasteiger partial charge in [-0.25, -0.2) is 0 Å². The van der Waals surface area contributed by atoms with E-state index in [-0.39, 0.29) is 12.1 Å². The third-order valence-electron chi connectivity index (χ3n) is 3.58. The van der Waals surface area contributed by atoms with Crippen molar-refractivity contribution in [1.82, 2.24) is 15.2 Å². The normalized spacial score (nSPS) is 21.9. The van der Waals surface area contributed by atoms with Crippen molar-refractivity contribution in [2.45, 2.75) is 32.0 Å². The predicted molar refractivity (Wildman–Crippen MR) is 91.8 cm³/mol. The summed E-state index contributed by atoms with van der Waals surface area (Å²) in [6.45, 7) is 4.30. The van der Waals surface area contributed by atoms with Crippen LogP contribution in [0.4, 0.5) is 0 Å². The van der Waals surface area contributed by atoms with E-state index in [1.54, 1.807) is 11.3 Å². The van der Waals surface area contributed by atoms with Crippen LogP contribution >= 0.6 is 35.2 Å². The van der Waals surface area contributed by atoms with E-state index in [2.05, 4.69) is 35.1 Å².